The fourth-order valence-electron chi connectivity index (χ4n) is 1.26. The molecule has 0 aliphatic rings. The van der Waals surface area contributed by atoms with Crippen molar-refractivity contribution >= 4 is 6.09 Å². The monoisotopic (exact) mass is 236 g/mol. The quantitative estimate of drug-likeness (QED) is 0.859. The Kier molecular flexibility index (Phi) is 4.10. The van der Waals surface area contributed by atoms with Gasteiger partial charge in [-0.15, -0.1) is 0 Å². The molecule has 4 nitrogen and oxygen atoms in total. The topological polar surface area (TPSA) is 51.2 Å². The summed E-state index contributed by atoms with van der Waals surface area (Å²) >= 11 is 0. The molecule has 0 fully saturated rings. The molecule has 1 rings (SSSR count). The molecule has 0 aliphatic carbocycles. The predicted octanol–water partition coefficient (Wildman–Crippen LogP) is 2.72. The number of pyridine rings is 1. The Morgan fingerprint density at radius 2 is 2.00 bits per heavy atom. The number of alkyl carbamates (subject to hydrolysis) is 1. The molecule has 4 heteroatoms. The number of ether oxygens (including phenoxy) is 1. The van der Waals surface area contributed by atoms with Crippen LogP contribution in [0.25, 0.3) is 0 Å². The first-order valence-corrected chi connectivity index (χ1v) is 5.68. The lowest BCUT2D eigenvalue weighted by molar-refractivity contribution is 0.0523. The summed E-state index contributed by atoms with van der Waals surface area (Å²) in [5.41, 5.74) is 2.49. The molecular formula is C13H20N2O2. The van der Waals surface area contributed by atoms with Gasteiger partial charge in [-0.05, 0) is 46.2 Å². The SMILES string of the molecule is Cc1ccc(CNC(=O)OC(C)(C)C)nc1C. The number of hydrogen-bond donors (Lipinski definition) is 1. The van der Waals surface area contributed by atoms with Crippen LogP contribution in [0, 0.1) is 13.8 Å². The summed E-state index contributed by atoms with van der Waals surface area (Å²) in [7, 11) is 0. The third-order valence-corrected chi connectivity index (χ3v) is 2.22. The van der Waals surface area contributed by atoms with Gasteiger partial charge >= 0.3 is 6.09 Å². The molecule has 0 saturated carbocycles. The average molecular weight is 236 g/mol. The van der Waals surface area contributed by atoms with Crippen LogP contribution in [0.2, 0.25) is 0 Å². The Morgan fingerprint density at radius 1 is 1.35 bits per heavy atom. The van der Waals surface area contributed by atoms with Gasteiger partial charge in [-0.1, -0.05) is 6.07 Å². The van der Waals surface area contributed by atoms with Crippen LogP contribution in [-0.2, 0) is 11.3 Å². The number of rotatable bonds is 2. The molecule has 0 spiro atoms. The number of amides is 1. The van der Waals surface area contributed by atoms with Gasteiger partial charge in [0, 0.05) is 5.69 Å². The van der Waals surface area contributed by atoms with Gasteiger partial charge in [0.2, 0.25) is 0 Å². The summed E-state index contributed by atoms with van der Waals surface area (Å²) in [6, 6.07) is 3.90. The van der Waals surface area contributed by atoms with Crippen LogP contribution in [0.5, 0.6) is 0 Å². The normalized spacial score (nSPS) is 11.1. The highest BCUT2D eigenvalue weighted by Crippen LogP contribution is 2.07. The number of aryl methyl sites for hydroxylation is 2. The first-order chi connectivity index (χ1) is 7.78. The van der Waals surface area contributed by atoms with E-state index in [1.165, 1.54) is 0 Å². The molecule has 0 radical (unpaired) electrons. The fraction of sp³-hybridized carbons (Fsp3) is 0.538. The first-order valence-electron chi connectivity index (χ1n) is 5.68. The minimum atomic E-state index is -0.472. The van der Waals surface area contributed by atoms with Crippen LogP contribution < -0.4 is 5.32 Å². The lowest BCUT2D eigenvalue weighted by Gasteiger charge is -2.19. The highest BCUT2D eigenvalue weighted by atomic mass is 16.6. The maximum Gasteiger partial charge on any atom is 0.407 e. The molecule has 0 aromatic carbocycles. The van der Waals surface area contributed by atoms with Gasteiger partial charge in [0.15, 0.2) is 0 Å². The van der Waals surface area contributed by atoms with E-state index in [9.17, 15) is 4.79 Å². The molecule has 0 bridgehead atoms. The van der Waals surface area contributed by atoms with E-state index in [2.05, 4.69) is 10.3 Å². The summed E-state index contributed by atoms with van der Waals surface area (Å²) in [6.07, 6.45) is -0.419. The Balaban J connectivity index is 2.50. The van der Waals surface area contributed by atoms with Gasteiger partial charge in [0.1, 0.15) is 5.60 Å². The zero-order valence-electron chi connectivity index (χ0n) is 11.1. The van der Waals surface area contributed by atoms with Crippen molar-refractivity contribution in [2.45, 2.75) is 46.8 Å². The smallest absolute Gasteiger partial charge is 0.407 e. The number of hydrogen-bond acceptors (Lipinski definition) is 3. The standard InChI is InChI=1S/C13H20N2O2/c1-9-6-7-11(15-10(9)2)8-14-12(16)17-13(3,4)5/h6-7H,8H2,1-5H3,(H,14,16). The summed E-state index contributed by atoms with van der Waals surface area (Å²) in [5.74, 6) is 0. The zero-order valence-corrected chi connectivity index (χ0v) is 11.1. The largest absolute Gasteiger partial charge is 0.444 e. The van der Waals surface area contributed by atoms with Crippen molar-refractivity contribution < 1.29 is 9.53 Å². The van der Waals surface area contributed by atoms with Crippen LogP contribution in [0.3, 0.4) is 0 Å². The number of aromatic nitrogens is 1. The molecule has 0 aliphatic heterocycles. The fourth-order valence-corrected chi connectivity index (χ4v) is 1.26. The average Bonchev–Trinajstić information content (AvgIpc) is 2.17. The van der Waals surface area contributed by atoms with Gasteiger partial charge in [-0.3, -0.25) is 4.98 Å². The second-order valence-electron chi connectivity index (χ2n) is 5.06. The molecule has 0 atom stereocenters. The van der Waals surface area contributed by atoms with Crippen molar-refractivity contribution in [2.24, 2.45) is 0 Å². The molecule has 1 heterocycles. The second kappa shape index (κ2) is 5.17. The third-order valence-electron chi connectivity index (χ3n) is 2.22. The predicted molar refractivity (Wildman–Crippen MR) is 66.8 cm³/mol. The summed E-state index contributed by atoms with van der Waals surface area (Å²) in [5, 5.41) is 2.68. The molecular weight excluding hydrogens is 216 g/mol. The molecule has 1 aromatic rings. The molecule has 0 saturated heterocycles. The van der Waals surface area contributed by atoms with E-state index in [1.807, 2.05) is 46.8 Å². The van der Waals surface area contributed by atoms with Crippen molar-refractivity contribution in [1.82, 2.24) is 10.3 Å². The lowest BCUT2D eigenvalue weighted by Crippen LogP contribution is -2.32. The molecule has 1 N–H and O–H groups in total. The molecule has 94 valence electrons. The second-order valence-corrected chi connectivity index (χ2v) is 5.06. The van der Waals surface area contributed by atoms with Crippen LogP contribution in [0.1, 0.15) is 37.7 Å². The summed E-state index contributed by atoms with van der Waals surface area (Å²) < 4.78 is 5.14. The lowest BCUT2D eigenvalue weighted by atomic mass is 10.2. The van der Waals surface area contributed by atoms with Gasteiger partial charge in [0.25, 0.3) is 0 Å². The first kappa shape index (κ1) is 13.5. The molecule has 17 heavy (non-hydrogen) atoms. The van der Waals surface area contributed by atoms with Gasteiger partial charge < -0.3 is 10.1 Å². The van der Waals surface area contributed by atoms with Crippen molar-refractivity contribution in [3.05, 3.63) is 29.1 Å². The zero-order chi connectivity index (χ0) is 13.1. The van der Waals surface area contributed by atoms with Crippen LogP contribution in [0.4, 0.5) is 4.79 Å². The van der Waals surface area contributed by atoms with E-state index in [0.29, 0.717) is 6.54 Å². The highest BCUT2D eigenvalue weighted by molar-refractivity contribution is 5.67. The van der Waals surface area contributed by atoms with Gasteiger partial charge in [0.05, 0.1) is 12.2 Å². The minimum Gasteiger partial charge on any atom is -0.444 e. The number of nitrogens with zero attached hydrogens (tertiary/aromatic N) is 1. The van der Waals surface area contributed by atoms with E-state index < -0.39 is 11.7 Å². The Hall–Kier alpha value is -1.58. The van der Waals surface area contributed by atoms with Gasteiger partial charge in [-0.2, -0.15) is 0 Å². The van der Waals surface area contributed by atoms with Crippen LogP contribution in [0.15, 0.2) is 12.1 Å². The van der Waals surface area contributed by atoms with E-state index in [0.717, 1.165) is 17.0 Å². The van der Waals surface area contributed by atoms with Crippen LogP contribution >= 0.6 is 0 Å². The maximum absolute atomic E-state index is 11.4. The Morgan fingerprint density at radius 3 is 2.53 bits per heavy atom. The number of carbonyl (C=O) groups is 1. The summed E-state index contributed by atoms with van der Waals surface area (Å²) in [6.45, 7) is 9.85. The highest BCUT2D eigenvalue weighted by Gasteiger charge is 2.15. The van der Waals surface area contributed by atoms with E-state index in [-0.39, 0.29) is 0 Å². The van der Waals surface area contributed by atoms with Gasteiger partial charge in [-0.25, -0.2) is 4.79 Å². The third kappa shape index (κ3) is 4.85. The maximum atomic E-state index is 11.4. The van der Waals surface area contributed by atoms with Crippen molar-refractivity contribution in [1.29, 1.82) is 0 Å². The van der Waals surface area contributed by atoms with E-state index >= 15 is 0 Å². The molecule has 0 unspecified atom stereocenters. The number of carbonyl (C=O) groups excluding carboxylic acids is 1. The minimum absolute atomic E-state index is 0.385. The van der Waals surface area contributed by atoms with Crippen molar-refractivity contribution in [2.75, 3.05) is 0 Å². The Bertz CT molecular complexity index is 408. The molecule has 1 amide bonds. The van der Waals surface area contributed by atoms with Crippen molar-refractivity contribution in [3.63, 3.8) is 0 Å². The number of nitrogens with one attached hydrogen (secondary N) is 1. The summed E-state index contributed by atoms with van der Waals surface area (Å²) in [4.78, 5) is 15.8. The van der Waals surface area contributed by atoms with Crippen LogP contribution in [-0.4, -0.2) is 16.7 Å². The van der Waals surface area contributed by atoms with E-state index in [4.69, 9.17) is 4.74 Å². The Labute approximate surface area is 102 Å². The molecule has 1 aromatic heterocycles. The van der Waals surface area contributed by atoms with E-state index in [1.54, 1.807) is 0 Å². The van der Waals surface area contributed by atoms with Crippen molar-refractivity contribution in [3.8, 4) is 0 Å².